The van der Waals surface area contributed by atoms with Crippen LogP contribution in [0.25, 0.3) is 11.3 Å². The number of nitro benzene ring substituents is 1. The smallest absolute Gasteiger partial charge is 0.277 e. The summed E-state index contributed by atoms with van der Waals surface area (Å²) < 4.78 is 0. The number of aromatic nitrogens is 2. The maximum absolute atomic E-state index is 13.4. The second-order valence-corrected chi connectivity index (χ2v) is 6.99. The molecule has 5 rings (SSSR count). The topological polar surface area (TPSA) is 92.1 Å². The molecule has 1 aliphatic rings. The van der Waals surface area contributed by atoms with Gasteiger partial charge in [0.25, 0.3) is 11.6 Å². The molecule has 0 fully saturated rings. The van der Waals surface area contributed by atoms with Crippen LogP contribution in [0.3, 0.4) is 0 Å². The quantitative estimate of drug-likeness (QED) is 0.398. The fraction of sp³-hybridized carbons (Fsp3) is 0.0435. The van der Waals surface area contributed by atoms with Crippen LogP contribution in [-0.2, 0) is 0 Å². The van der Waals surface area contributed by atoms with E-state index >= 15 is 0 Å². The van der Waals surface area contributed by atoms with Gasteiger partial charge in [0.2, 0.25) is 0 Å². The second kappa shape index (κ2) is 6.97. The number of nitrogens with zero attached hydrogens (tertiary/aromatic N) is 3. The molecular formula is C23H16N4O3. The van der Waals surface area contributed by atoms with Crippen LogP contribution in [0.1, 0.15) is 27.7 Å². The Morgan fingerprint density at radius 1 is 0.933 bits per heavy atom. The monoisotopic (exact) mass is 396 g/mol. The van der Waals surface area contributed by atoms with Gasteiger partial charge >= 0.3 is 0 Å². The number of fused-ring (bicyclic) bond motifs is 1. The first-order valence-corrected chi connectivity index (χ1v) is 9.42. The van der Waals surface area contributed by atoms with Crippen molar-refractivity contribution in [1.29, 1.82) is 0 Å². The van der Waals surface area contributed by atoms with Gasteiger partial charge in [0.15, 0.2) is 0 Å². The lowest BCUT2D eigenvalue weighted by Crippen LogP contribution is -2.29. The van der Waals surface area contributed by atoms with Gasteiger partial charge in [-0.3, -0.25) is 24.9 Å². The lowest BCUT2D eigenvalue weighted by molar-refractivity contribution is -0.384. The molecule has 0 saturated carbocycles. The van der Waals surface area contributed by atoms with Crippen LogP contribution in [0.4, 0.5) is 11.4 Å². The zero-order valence-electron chi connectivity index (χ0n) is 15.7. The van der Waals surface area contributed by atoms with E-state index in [-0.39, 0.29) is 11.6 Å². The molecule has 1 atom stereocenters. The number of benzene rings is 3. The Hall–Kier alpha value is -4.26. The fourth-order valence-electron chi connectivity index (χ4n) is 3.94. The molecule has 0 saturated heterocycles. The third kappa shape index (κ3) is 2.76. The van der Waals surface area contributed by atoms with E-state index in [0.717, 1.165) is 11.1 Å². The van der Waals surface area contributed by atoms with E-state index < -0.39 is 11.0 Å². The number of anilines is 1. The van der Waals surface area contributed by atoms with Crippen molar-refractivity contribution in [3.8, 4) is 11.3 Å². The van der Waals surface area contributed by atoms with Gasteiger partial charge in [0.05, 0.1) is 16.7 Å². The molecule has 30 heavy (non-hydrogen) atoms. The van der Waals surface area contributed by atoms with Gasteiger partial charge in [-0.1, -0.05) is 60.7 Å². The highest BCUT2D eigenvalue weighted by molar-refractivity contribution is 6.11. The van der Waals surface area contributed by atoms with Crippen molar-refractivity contribution in [3.63, 3.8) is 0 Å². The van der Waals surface area contributed by atoms with Crippen LogP contribution in [0.2, 0.25) is 0 Å². The summed E-state index contributed by atoms with van der Waals surface area (Å²) in [6, 6.07) is 24.7. The lowest BCUT2D eigenvalue weighted by Gasteiger charge is -2.26. The van der Waals surface area contributed by atoms with Crippen molar-refractivity contribution in [2.75, 3.05) is 4.90 Å². The number of non-ortho nitro benzene ring substituents is 1. The van der Waals surface area contributed by atoms with Crippen molar-refractivity contribution < 1.29 is 9.72 Å². The van der Waals surface area contributed by atoms with Gasteiger partial charge in [-0.05, 0) is 17.7 Å². The summed E-state index contributed by atoms with van der Waals surface area (Å²) in [6.07, 6.45) is 0. The lowest BCUT2D eigenvalue weighted by atomic mass is 9.95. The average Bonchev–Trinajstić information content (AvgIpc) is 3.34. The first-order chi connectivity index (χ1) is 14.6. The largest absolute Gasteiger partial charge is 0.295 e. The van der Waals surface area contributed by atoms with Crippen molar-refractivity contribution in [2.45, 2.75) is 6.04 Å². The molecule has 1 N–H and O–H groups in total. The maximum atomic E-state index is 13.4. The predicted molar refractivity (Wildman–Crippen MR) is 112 cm³/mol. The molecule has 7 heteroatoms. The van der Waals surface area contributed by atoms with Crippen molar-refractivity contribution in [1.82, 2.24) is 10.2 Å². The highest BCUT2D eigenvalue weighted by atomic mass is 16.6. The first-order valence-electron chi connectivity index (χ1n) is 9.42. The summed E-state index contributed by atoms with van der Waals surface area (Å²) in [4.78, 5) is 26.0. The molecule has 3 aromatic carbocycles. The molecule has 0 bridgehead atoms. The minimum Gasteiger partial charge on any atom is -0.295 e. The number of para-hydroxylation sites is 1. The second-order valence-electron chi connectivity index (χ2n) is 6.99. The molecule has 0 aliphatic carbocycles. The molecule has 0 spiro atoms. The van der Waals surface area contributed by atoms with Crippen molar-refractivity contribution in [3.05, 3.63) is 112 Å². The molecule has 4 aromatic rings. The summed E-state index contributed by atoms with van der Waals surface area (Å²) in [6.45, 7) is 0. The van der Waals surface area contributed by atoms with E-state index in [1.807, 2.05) is 60.7 Å². The molecular weight excluding hydrogens is 380 g/mol. The maximum Gasteiger partial charge on any atom is 0.277 e. The van der Waals surface area contributed by atoms with E-state index in [9.17, 15) is 14.9 Å². The van der Waals surface area contributed by atoms with E-state index in [0.29, 0.717) is 22.6 Å². The van der Waals surface area contributed by atoms with Gasteiger partial charge in [0.1, 0.15) is 5.69 Å². The number of hydrogen-bond acceptors (Lipinski definition) is 4. The van der Waals surface area contributed by atoms with E-state index in [1.54, 1.807) is 17.0 Å². The molecule has 1 amide bonds. The number of H-pyrrole nitrogens is 1. The molecule has 0 unspecified atom stereocenters. The highest BCUT2D eigenvalue weighted by Gasteiger charge is 2.43. The van der Waals surface area contributed by atoms with Crippen LogP contribution in [0.15, 0.2) is 84.9 Å². The third-order valence-corrected chi connectivity index (χ3v) is 5.25. The molecule has 146 valence electrons. The molecule has 1 aliphatic heterocycles. The molecule has 2 heterocycles. The first kappa shape index (κ1) is 17.8. The van der Waals surface area contributed by atoms with Gasteiger partial charge in [0, 0.05) is 28.9 Å². The number of amides is 1. The van der Waals surface area contributed by atoms with E-state index in [2.05, 4.69) is 10.2 Å². The molecule has 0 radical (unpaired) electrons. The van der Waals surface area contributed by atoms with Gasteiger partial charge in [-0.25, -0.2) is 0 Å². The van der Waals surface area contributed by atoms with Crippen LogP contribution in [-0.4, -0.2) is 21.0 Å². The Kier molecular flexibility index (Phi) is 4.14. The number of aromatic amines is 1. The Morgan fingerprint density at radius 3 is 2.33 bits per heavy atom. The molecule has 7 nitrogen and oxygen atoms in total. The van der Waals surface area contributed by atoms with Crippen molar-refractivity contribution >= 4 is 17.3 Å². The minimum absolute atomic E-state index is 0.0221. The normalized spacial score (nSPS) is 15.3. The predicted octanol–water partition coefficient (Wildman–Crippen LogP) is 4.73. The highest BCUT2D eigenvalue weighted by Crippen LogP contribution is 2.45. The Balaban J connectivity index is 1.75. The number of rotatable bonds is 4. The number of nitro groups is 1. The summed E-state index contributed by atoms with van der Waals surface area (Å²) in [5.74, 6) is -0.220. The van der Waals surface area contributed by atoms with Crippen LogP contribution in [0.5, 0.6) is 0 Å². The van der Waals surface area contributed by atoms with Crippen molar-refractivity contribution in [2.24, 2.45) is 0 Å². The number of carbonyl (C=O) groups is 1. The average molecular weight is 396 g/mol. The number of nitrogens with one attached hydrogen (secondary N) is 1. The number of hydrogen-bond donors (Lipinski definition) is 1. The van der Waals surface area contributed by atoms with E-state index in [1.165, 1.54) is 12.1 Å². The van der Waals surface area contributed by atoms with Crippen LogP contribution >= 0.6 is 0 Å². The Bertz CT molecular complexity index is 1250. The SMILES string of the molecule is O=C1c2[nH]nc(-c3ccccc3)c2[C@H](c2cccc([N+](=O)[O-])c2)N1c1ccccc1. The summed E-state index contributed by atoms with van der Waals surface area (Å²) >= 11 is 0. The Labute approximate surface area is 171 Å². The minimum atomic E-state index is -0.538. The summed E-state index contributed by atoms with van der Waals surface area (Å²) in [5, 5.41) is 18.7. The van der Waals surface area contributed by atoms with E-state index in [4.69, 9.17) is 0 Å². The van der Waals surface area contributed by atoms with Crippen LogP contribution in [0, 0.1) is 10.1 Å². The number of carbonyl (C=O) groups excluding carboxylic acids is 1. The summed E-state index contributed by atoms with van der Waals surface area (Å²) in [7, 11) is 0. The van der Waals surface area contributed by atoms with Gasteiger partial charge < -0.3 is 0 Å². The zero-order chi connectivity index (χ0) is 20.7. The van der Waals surface area contributed by atoms with Gasteiger partial charge in [-0.15, -0.1) is 0 Å². The third-order valence-electron chi connectivity index (χ3n) is 5.25. The van der Waals surface area contributed by atoms with Crippen LogP contribution < -0.4 is 4.90 Å². The molecule has 1 aromatic heterocycles. The Morgan fingerprint density at radius 2 is 1.63 bits per heavy atom. The summed E-state index contributed by atoms with van der Waals surface area (Å²) in [5.41, 5.74) is 3.99. The van der Waals surface area contributed by atoms with Gasteiger partial charge in [-0.2, -0.15) is 5.10 Å². The zero-order valence-corrected chi connectivity index (χ0v) is 15.7. The fourth-order valence-corrected chi connectivity index (χ4v) is 3.94. The standard InChI is InChI=1S/C23H16N4O3/c28-23-21-19(20(24-25-21)15-8-3-1-4-9-15)22(26(23)17-11-5-2-6-12-17)16-10-7-13-18(14-16)27(29)30/h1-14,22H,(H,24,25)/t22-/m0/s1.